The maximum Gasteiger partial charge on any atom is 0.236 e. The van der Waals surface area contributed by atoms with Crippen molar-refractivity contribution in [1.29, 1.82) is 0 Å². The first-order valence-corrected chi connectivity index (χ1v) is 11.4. The summed E-state index contributed by atoms with van der Waals surface area (Å²) in [5.74, 6) is 0.0292. The molecule has 0 saturated heterocycles. The molecule has 4 aromatic rings. The molecule has 5 rings (SSSR count). The molecule has 3 N–H and O–H groups in total. The quantitative estimate of drug-likeness (QED) is 0.429. The van der Waals surface area contributed by atoms with Crippen LogP contribution < -0.4 is 11.1 Å². The minimum Gasteiger partial charge on any atom is -0.326 e. The zero-order valence-electron chi connectivity index (χ0n) is 17.7. The predicted molar refractivity (Wildman–Crippen MR) is 128 cm³/mol. The lowest BCUT2D eigenvalue weighted by Crippen LogP contribution is -2.27. The number of nitrogens with one attached hydrogen (secondary N) is 1. The Hall–Kier alpha value is -3.02. The van der Waals surface area contributed by atoms with Crippen molar-refractivity contribution in [1.82, 2.24) is 4.98 Å². The first kappa shape index (κ1) is 19.9. The lowest BCUT2D eigenvalue weighted by molar-refractivity contribution is -0.118. The second kappa shape index (κ2) is 7.59. The van der Waals surface area contributed by atoms with E-state index in [1.807, 2.05) is 30.3 Å². The smallest absolute Gasteiger partial charge is 0.236 e. The normalized spacial score (nSPS) is 14.5. The van der Waals surface area contributed by atoms with Gasteiger partial charge in [0.15, 0.2) is 5.13 Å². The van der Waals surface area contributed by atoms with Gasteiger partial charge in [0.25, 0.3) is 0 Å². The number of nitrogens with two attached hydrogens (primary N) is 1. The Morgan fingerprint density at radius 3 is 2.35 bits per heavy atom. The van der Waals surface area contributed by atoms with Gasteiger partial charge in [-0.25, -0.2) is 4.98 Å². The van der Waals surface area contributed by atoms with Crippen LogP contribution >= 0.6 is 11.3 Å². The van der Waals surface area contributed by atoms with Crippen LogP contribution in [0.25, 0.3) is 21.3 Å². The molecule has 1 saturated carbocycles. The Labute approximate surface area is 186 Å². The third kappa shape index (κ3) is 3.75. The third-order valence-electron chi connectivity index (χ3n) is 6.09. The van der Waals surface area contributed by atoms with Gasteiger partial charge >= 0.3 is 0 Å². The maximum absolute atomic E-state index is 13.1. The first-order chi connectivity index (χ1) is 15.0. The summed E-state index contributed by atoms with van der Waals surface area (Å²) in [4.78, 5) is 17.8. The van der Waals surface area contributed by atoms with Gasteiger partial charge in [-0.15, -0.1) is 0 Å². The molecule has 156 valence electrons. The van der Waals surface area contributed by atoms with Crippen LogP contribution in [-0.2, 0) is 16.8 Å². The minimum absolute atomic E-state index is 0.0292. The summed E-state index contributed by atoms with van der Waals surface area (Å²) in [5, 5.41) is 3.74. The van der Waals surface area contributed by atoms with Crippen LogP contribution in [0.2, 0.25) is 0 Å². The van der Waals surface area contributed by atoms with Crippen LogP contribution in [0, 0.1) is 13.8 Å². The fourth-order valence-electron chi connectivity index (χ4n) is 4.25. The minimum atomic E-state index is -0.435. The summed E-state index contributed by atoms with van der Waals surface area (Å²) in [7, 11) is 0. The number of hydrogen-bond acceptors (Lipinski definition) is 4. The number of aromatic nitrogens is 1. The van der Waals surface area contributed by atoms with E-state index < -0.39 is 5.41 Å². The largest absolute Gasteiger partial charge is 0.326 e. The Morgan fingerprint density at radius 2 is 1.71 bits per heavy atom. The van der Waals surface area contributed by atoms with Gasteiger partial charge in [-0.3, -0.25) is 4.79 Å². The fourth-order valence-corrected chi connectivity index (χ4v) is 5.15. The number of rotatable bonds is 5. The molecule has 1 amide bonds. The maximum atomic E-state index is 13.1. The highest BCUT2D eigenvalue weighted by Gasteiger charge is 2.51. The number of thiazole rings is 1. The Balaban J connectivity index is 1.40. The second-order valence-electron chi connectivity index (χ2n) is 8.52. The Kier molecular flexibility index (Phi) is 4.88. The average molecular weight is 428 g/mol. The molecule has 0 spiro atoms. The van der Waals surface area contributed by atoms with E-state index in [0.717, 1.165) is 34.2 Å². The van der Waals surface area contributed by atoms with Crippen molar-refractivity contribution in [2.75, 3.05) is 5.32 Å². The van der Waals surface area contributed by atoms with Crippen LogP contribution in [0.1, 0.15) is 35.1 Å². The Morgan fingerprint density at radius 1 is 1.00 bits per heavy atom. The van der Waals surface area contributed by atoms with E-state index >= 15 is 0 Å². The highest BCUT2D eigenvalue weighted by molar-refractivity contribution is 7.22. The van der Waals surface area contributed by atoms with E-state index in [9.17, 15) is 4.79 Å². The van der Waals surface area contributed by atoms with Crippen molar-refractivity contribution >= 4 is 32.6 Å². The Bertz CT molecular complexity index is 1270. The van der Waals surface area contributed by atoms with Gasteiger partial charge in [0.05, 0.1) is 15.6 Å². The van der Waals surface area contributed by atoms with Gasteiger partial charge < -0.3 is 11.1 Å². The highest BCUT2D eigenvalue weighted by atomic mass is 32.1. The van der Waals surface area contributed by atoms with Crippen LogP contribution in [0.15, 0.2) is 60.7 Å². The molecule has 0 atom stereocenters. The number of fused-ring (bicyclic) bond motifs is 1. The molecule has 0 bridgehead atoms. The number of hydrogen-bond donors (Lipinski definition) is 2. The van der Waals surface area contributed by atoms with E-state index in [4.69, 9.17) is 5.73 Å². The first-order valence-electron chi connectivity index (χ1n) is 10.6. The fraction of sp³-hybridized carbons (Fsp3) is 0.231. The number of amides is 1. The molecule has 1 heterocycles. The van der Waals surface area contributed by atoms with Crippen LogP contribution in [0.3, 0.4) is 0 Å². The zero-order valence-corrected chi connectivity index (χ0v) is 18.6. The van der Waals surface area contributed by atoms with E-state index in [1.165, 1.54) is 33.6 Å². The topological polar surface area (TPSA) is 68.0 Å². The molecule has 0 aliphatic heterocycles. The van der Waals surface area contributed by atoms with Crippen molar-refractivity contribution in [3.63, 3.8) is 0 Å². The number of carbonyl (C=O) groups excluding carboxylic acids is 1. The number of nitrogens with zero attached hydrogens (tertiary/aromatic N) is 1. The monoisotopic (exact) mass is 427 g/mol. The van der Waals surface area contributed by atoms with Gasteiger partial charge in [0.1, 0.15) is 0 Å². The van der Waals surface area contributed by atoms with Crippen LogP contribution in [0.5, 0.6) is 0 Å². The molecule has 1 aliphatic carbocycles. The third-order valence-corrected chi connectivity index (χ3v) is 7.02. The summed E-state index contributed by atoms with van der Waals surface area (Å²) < 4.78 is 1.07. The van der Waals surface area contributed by atoms with Crippen molar-refractivity contribution in [2.24, 2.45) is 5.73 Å². The van der Waals surface area contributed by atoms with E-state index in [1.54, 1.807) is 0 Å². The van der Waals surface area contributed by atoms with Crippen molar-refractivity contribution in [3.8, 4) is 11.1 Å². The highest BCUT2D eigenvalue weighted by Crippen LogP contribution is 2.49. The predicted octanol–water partition coefficient (Wildman–Crippen LogP) is 5.71. The van der Waals surface area contributed by atoms with Gasteiger partial charge in [0, 0.05) is 6.54 Å². The molecule has 0 radical (unpaired) electrons. The van der Waals surface area contributed by atoms with Gasteiger partial charge in [-0.2, -0.15) is 0 Å². The lowest BCUT2D eigenvalue weighted by Gasteiger charge is -2.15. The standard InChI is InChI=1S/C26H25N3OS/c1-16-11-17(2)13-20(12-16)19-5-8-22-23(14-19)31-25(28-22)29-24(30)26(9-10-26)21-6-3-18(15-27)4-7-21/h3-8,11-14H,9-10,15,27H2,1-2H3,(H,28,29,30). The summed E-state index contributed by atoms with van der Waals surface area (Å²) in [6.07, 6.45) is 1.73. The number of aryl methyl sites for hydroxylation is 2. The van der Waals surface area contributed by atoms with Crippen molar-refractivity contribution < 1.29 is 4.79 Å². The zero-order chi connectivity index (χ0) is 21.6. The molecular formula is C26H25N3OS. The van der Waals surface area contributed by atoms with Gasteiger partial charge in [-0.05, 0) is 61.1 Å². The second-order valence-corrected chi connectivity index (χ2v) is 9.55. The summed E-state index contributed by atoms with van der Waals surface area (Å²) in [6, 6.07) is 21.0. The van der Waals surface area contributed by atoms with Gasteiger partial charge in [-0.1, -0.05) is 71.0 Å². The van der Waals surface area contributed by atoms with Crippen LogP contribution in [0.4, 0.5) is 5.13 Å². The molecule has 1 fully saturated rings. The number of carbonyl (C=O) groups is 1. The lowest BCUT2D eigenvalue weighted by atomic mass is 9.94. The molecule has 0 unspecified atom stereocenters. The van der Waals surface area contributed by atoms with E-state index in [0.29, 0.717) is 11.7 Å². The number of benzene rings is 3. The molecule has 1 aromatic heterocycles. The van der Waals surface area contributed by atoms with Crippen molar-refractivity contribution in [3.05, 3.63) is 82.9 Å². The molecule has 5 heteroatoms. The number of anilines is 1. The van der Waals surface area contributed by atoms with E-state index in [-0.39, 0.29) is 5.91 Å². The van der Waals surface area contributed by atoms with E-state index in [2.05, 4.69) is 54.5 Å². The summed E-state index contributed by atoms with van der Waals surface area (Å²) >= 11 is 1.53. The molecular weight excluding hydrogens is 402 g/mol. The van der Waals surface area contributed by atoms with Crippen LogP contribution in [-0.4, -0.2) is 10.9 Å². The average Bonchev–Trinajstić information content (AvgIpc) is 3.47. The summed E-state index contributed by atoms with van der Waals surface area (Å²) in [5.41, 5.74) is 13.2. The molecule has 31 heavy (non-hydrogen) atoms. The molecule has 1 aliphatic rings. The summed E-state index contributed by atoms with van der Waals surface area (Å²) in [6.45, 7) is 4.74. The van der Waals surface area contributed by atoms with Crippen molar-refractivity contribution in [2.45, 2.75) is 38.6 Å². The molecule has 3 aromatic carbocycles. The van der Waals surface area contributed by atoms with Gasteiger partial charge in [0.2, 0.25) is 5.91 Å². The SMILES string of the molecule is Cc1cc(C)cc(-c2ccc3nc(NC(=O)C4(c5ccc(CN)cc5)CC4)sc3c2)c1. The molecule has 4 nitrogen and oxygen atoms in total.